The normalized spacial score (nSPS) is 14.6. The van der Waals surface area contributed by atoms with E-state index in [1.807, 2.05) is 0 Å². The molecule has 1 fully saturated rings. The second-order valence-electron chi connectivity index (χ2n) is 8.27. The first-order chi connectivity index (χ1) is 18.3. The van der Waals surface area contributed by atoms with Crippen molar-refractivity contribution in [2.24, 2.45) is 12.8 Å². The Hall–Kier alpha value is -4.64. The van der Waals surface area contributed by atoms with E-state index in [9.17, 15) is 18.8 Å². The third-order valence-corrected chi connectivity index (χ3v) is 5.57. The Morgan fingerprint density at radius 1 is 1.24 bits per heavy atom. The van der Waals surface area contributed by atoms with Crippen LogP contribution in [-0.4, -0.2) is 47.0 Å². The average molecular weight is 522 g/mol. The minimum Gasteiger partial charge on any atom is -0.443 e. The Bertz CT molecular complexity index is 1390. The van der Waals surface area contributed by atoms with Gasteiger partial charge in [0.1, 0.15) is 18.2 Å². The number of aldehydes is 1. The molecule has 0 bridgehead atoms. The summed E-state index contributed by atoms with van der Waals surface area (Å²) in [6.45, 7) is 2.19. The molecule has 0 saturated carbocycles. The molecule has 0 radical (unpaired) electrons. The third kappa shape index (κ3) is 6.98. The van der Waals surface area contributed by atoms with Crippen LogP contribution in [0.3, 0.4) is 0 Å². The highest BCUT2D eigenvalue weighted by Crippen LogP contribution is 2.29. The van der Waals surface area contributed by atoms with Crippen LogP contribution in [0.25, 0.3) is 17.2 Å². The molecule has 1 aliphatic rings. The SMILES string of the molecule is CC=O.Cn1cncc(/C=C/C(=O)NCc2ccc(-c3ccc(N4C[C@H](CN)OC4=O)cc3F)cc2)c1=O. The lowest BCUT2D eigenvalue weighted by Gasteiger charge is -2.14. The fourth-order valence-electron chi connectivity index (χ4n) is 3.62. The Morgan fingerprint density at radius 2 is 1.95 bits per heavy atom. The van der Waals surface area contributed by atoms with E-state index in [1.54, 1.807) is 43.4 Å². The largest absolute Gasteiger partial charge is 0.443 e. The highest BCUT2D eigenvalue weighted by atomic mass is 19.1. The van der Waals surface area contributed by atoms with Gasteiger partial charge < -0.3 is 25.1 Å². The van der Waals surface area contributed by atoms with Gasteiger partial charge in [-0.25, -0.2) is 14.2 Å². The number of cyclic esters (lactones) is 1. The van der Waals surface area contributed by atoms with Gasteiger partial charge in [-0.05, 0) is 42.3 Å². The van der Waals surface area contributed by atoms with Crippen LogP contribution in [-0.2, 0) is 27.9 Å². The number of carbonyl (C=O) groups is 3. The van der Waals surface area contributed by atoms with E-state index in [2.05, 4.69) is 10.3 Å². The molecule has 198 valence electrons. The summed E-state index contributed by atoms with van der Waals surface area (Å²) >= 11 is 0. The van der Waals surface area contributed by atoms with Crippen LogP contribution in [0.4, 0.5) is 14.9 Å². The molecule has 3 N–H and O–H groups in total. The number of nitrogens with zero attached hydrogens (tertiary/aromatic N) is 3. The molecule has 11 heteroatoms. The van der Waals surface area contributed by atoms with Crippen molar-refractivity contribution in [3.8, 4) is 11.1 Å². The first-order valence-electron chi connectivity index (χ1n) is 11.7. The van der Waals surface area contributed by atoms with Crippen molar-refractivity contribution < 1.29 is 23.5 Å². The molecule has 0 aliphatic carbocycles. The molecule has 1 aromatic heterocycles. The maximum atomic E-state index is 14.8. The zero-order valence-corrected chi connectivity index (χ0v) is 21.0. The van der Waals surface area contributed by atoms with Gasteiger partial charge in [0.05, 0.1) is 24.1 Å². The summed E-state index contributed by atoms with van der Waals surface area (Å²) in [6.07, 6.45) is 5.27. The zero-order valence-electron chi connectivity index (χ0n) is 21.0. The summed E-state index contributed by atoms with van der Waals surface area (Å²) in [5.41, 5.74) is 7.86. The van der Waals surface area contributed by atoms with Gasteiger partial charge in [0.25, 0.3) is 5.56 Å². The van der Waals surface area contributed by atoms with E-state index >= 15 is 0 Å². The van der Waals surface area contributed by atoms with E-state index in [0.29, 0.717) is 22.4 Å². The van der Waals surface area contributed by atoms with Gasteiger partial charge in [-0.3, -0.25) is 14.5 Å². The van der Waals surface area contributed by atoms with E-state index in [-0.39, 0.29) is 31.1 Å². The molecule has 0 spiro atoms. The molecule has 0 unspecified atom stereocenters. The molecule has 2 amide bonds. The predicted octanol–water partition coefficient (Wildman–Crippen LogP) is 2.41. The van der Waals surface area contributed by atoms with Crippen LogP contribution in [0, 0.1) is 5.82 Å². The number of rotatable bonds is 7. The molecule has 38 heavy (non-hydrogen) atoms. The molecular formula is C27H28FN5O5. The predicted molar refractivity (Wildman–Crippen MR) is 141 cm³/mol. The van der Waals surface area contributed by atoms with Crippen molar-refractivity contribution in [1.82, 2.24) is 14.9 Å². The van der Waals surface area contributed by atoms with Crippen LogP contribution in [0.15, 0.2) is 65.9 Å². The summed E-state index contributed by atoms with van der Waals surface area (Å²) in [7, 11) is 1.58. The first kappa shape index (κ1) is 27.9. The van der Waals surface area contributed by atoms with Gasteiger partial charge in [-0.1, -0.05) is 24.3 Å². The number of nitrogens with two attached hydrogens (primary N) is 1. The Balaban J connectivity index is 0.00000127. The van der Waals surface area contributed by atoms with Crippen molar-refractivity contribution in [1.29, 1.82) is 0 Å². The fraction of sp³-hybridized carbons (Fsp3) is 0.222. The number of benzene rings is 2. The number of halogens is 1. The van der Waals surface area contributed by atoms with E-state index in [1.165, 1.54) is 47.1 Å². The second-order valence-corrected chi connectivity index (χ2v) is 8.27. The van der Waals surface area contributed by atoms with Gasteiger partial charge in [0.2, 0.25) is 5.91 Å². The summed E-state index contributed by atoms with van der Waals surface area (Å²) in [5.74, 6) is -0.835. The van der Waals surface area contributed by atoms with Crippen LogP contribution in [0.2, 0.25) is 0 Å². The Morgan fingerprint density at radius 3 is 2.58 bits per heavy atom. The molecule has 10 nitrogen and oxygen atoms in total. The van der Waals surface area contributed by atoms with Crippen molar-refractivity contribution in [3.63, 3.8) is 0 Å². The molecule has 2 heterocycles. The van der Waals surface area contributed by atoms with Gasteiger partial charge in [-0.2, -0.15) is 0 Å². The van der Waals surface area contributed by atoms with Crippen LogP contribution < -0.4 is 21.5 Å². The highest BCUT2D eigenvalue weighted by Gasteiger charge is 2.31. The Labute approximate surface area is 218 Å². The lowest BCUT2D eigenvalue weighted by atomic mass is 10.0. The number of aromatic nitrogens is 2. The van der Waals surface area contributed by atoms with Crippen LogP contribution >= 0.6 is 0 Å². The number of amides is 2. The van der Waals surface area contributed by atoms with Crippen molar-refractivity contribution in [3.05, 3.63) is 88.4 Å². The molecular weight excluding hydrogens is 493 g/mol. The highest BCUT2D eigenvalue weighted by molar-refractivity contribution is 5.91. The van der Waals surface area contributed by atoms with Gasteiger partial charge in [-0.15, -0.1) is 0 Å². The molecule has 1 saturated heterocycles. The number of anilines is 1. The quantitative estimate of drug-likeness (QED) is 0.360. The number of nitrogens with one attached hydrogen (secondary N) is 1. The van der Waals surface area contributed by atoms with Gasteiger partial charge >= 0.3 is 6.09 Å². The molecule has 1 aliphatic heterocycles. The third-order valence-electron chi connectivity index (χ3n) is 5.57. The number of aryl methyl sites for hydroxylation is 1. The molecule has 4 rings (SSSR count). The van der Waals surface area contributed by atoms with Crippen LogP contribution in [0.1, 0.15) is 18.1 Å². The van der Waals surface area contributed by atoms with E-state index < -0.39 is 18.0 Å². The molecule has 1 atom stereocenters. The molecule has 2 aromatic carbocycles. The summed E-state index contributed by atoms with van der Waals surface area (Å²) in [6, 6.07) is 11.6. The number of ether oxygens (including phenoxy) is 1. The van der Waals surface area contributed by atoms with Crippen LogP contribution in [0.5, 0.6) is 0 Å². The minimum atomic E-state index is -0.545. The fourth-order valence-corrected chi connectivity index (χ4v) is 3.62. The summed E-state index contributed by atoms with van der Waals surface area (Å²) < 4.78 is 21.3. The smallest absolute Gasteiger partial charge is 0.414 e. The van der Waals surface area contributed by atoms with Crippen molar-refractivity contribution in [2.45, 2.75) is 19.6 Å². The maximum absolute atomic E-state index is 14.8. The monoisotopic (exact) mass is 521 g/mol. The van der Waals surface area contributed by atoms with Gasteiger partial charge in [0.15, 0.2) is 0 Å². The minimum absolute atomic E-state index is 0.205. The number of hydrogen-bond donors (Lipinski definition) is 2. The maximum Gasteiger partial charge on any atom is 0.414 e. The van der Waals surface area contributed by atoms with Crippen molar-refractivity contribution >= 4 is 30.0 Å². The number of hydrogen-bond acceptors (Lipinski definition) is 7. The topological polar surface area (TPSA) is 137 Å². The summed E-state index contributed by atoms with van der Waals surface area (Å²) in [4.78, 5) is 50.1. The van der Waals surface area contributed by atoms with E-state index in [0.717, 1.165) is 11.8 Å². The summed E-state index contributed by atoms with van der Waals surface area (Å²) in [5, 5.41) is 2.74. The van der Waals surface area contributed by atoms with Crippen molar-refractivity contribution in [2.75, 3.05) is 18.0 Å². The molecule has 3 aromatic rings. The lowest BCUT2D eigenvalue weighted by molar-refractivity contribution is -0.116. The van der Waals surface area contributed by atoms with Gasteiger partial charge in [0, 0.05) is 38.0 Å². The number of carbonyl (C=O) groups excluding carboxylic acids is 3. The van der Waals surface area contributed by atoms with E-state index in [4.69, 9.17) is 15.3 Å². The zero-order chi connectivity index (χ0) is 27.7. The standard InChI is InChI=1S/C25H24FN5O4.C2H4O/c1-30-15-28-13-18(24(30)33)6-9-23(32)29-12-16-2-4-17(5-3-16)21-8-7-19(10-22(21)26)31-14-20(11-27)35-25(31)34;1-2-3/h2-10,13,15,20H,11-12,14,27H2,1H3,(H,29,32);2H,1H3/b9-6+;/t20-;/m0./s1. The Kier molecular flexibility index (Phi) is 9.60. The lowest BCUT2D eigenvalue weighted by Crippen LogP contribution is -2.27. The second kappa shape index (κ2) is 13.1. The first-order valence-corrected chi connectivity index (χ1v) is 11.7. The average Bonchev–Trinajstić information content (AvgIpc) is 3.30.